The lowest BCUT2D eigenvalue weighted by molar-refractivity contribution is -0.146. The van der Waals surface area contributed by atoms with Gasteiger partial charge >= 0.3 is 11.9 Å². The number of hydrogen-bond acceptors (Lipinski definition) is 10. The second kappa shape index (κ2) is 13.8. The molecule has 208 valence electrons. The van der Waals surface area contributed by atoms with Gasteiger partial charge in [-0.1, -0.05) is 27.7 Å². The highest BCUT2D eigenvalue weighted by molar-refractivity contribution is 7.59. The number of hydrogen-bond donors (Lipinski definition) is 3. The Bertz CT molecular complexity index is 1060. The molecule has 0 aliphatic heterocycles. The first-order chi connectivity index (χ1) is 17.3. The molecule has 13 nitrogen and oxygen atoms in total. The van der Waals surface area contributed by atoms with E-state index in [0.717, 1.165) is 0 Å². The summed E-state index contributed by atoms with van der Waals surface area (Å²) in [6.07, 6.45) is 2.19. The van der Waals surface area contributed by atoms with E-state index < -0.39 is 37.6 Å². The molecule has 0 aliphatic carbocycles. The minimum atomic E-state index is -3.63. The summed E-state index contributed by atoms with van der Waals surface area (Å²) in [7, 11) is -3.63. The Labute approximate surface area is 217 Å². The molecule has 2 heterocycles. The average Bonchev–Trinajstić information content (AvgIpc) is 3.23. The van der Waals surface area contributed by atoms with Crippen molar-refractivity contribution in [2.45, 2.75) is 73.2 Å². The van der Waals surface area contributed by atoms with Gasteiger partial charge in [0.1, 0.15) is 30.3 Å². The van der Waals surface area contributed by atoms with Crippen molar-refractivity contribution in [3.63, 3.8) is 0 Å². The maximum Gasteiger partial charge on any atom is 0.323 e. The summed E-state index contributed by atoms with van der Waals surface area (Å²) in [5.74, 6) is -0.532. The molecular formula is C23H40N7O6P. The van der Waals surface area contributed by atoms with E-state index in [-0.39, 0.29) is 37.2 Å². The van der Waals surface area contributed by atoms with Gasteiger partial charge in [-0.05, 0) is 32.6 Å². The molecule has 0 fully saturated rings. The molecule has 0 bridgehead atoms. The minimum Gasteiger partial charge on any atom is -0.464 e. The highest BCUT2D eigenvalue weighted by Gasteiger charge is 2.33. The van der Waals surface area contributed by atoms with Gasteiger partial charge in [-0.15, -0.1) is 0 Å². The first-order valence-corrected chi connectivity index (χ1v) is 14.2. The van der Waals surface area contributed by atoms with Crippen LogP contribution in [0.3, 0.4) is 0 Å². The maximum absolute atomic E-state index is 13.9. The Kier molecular flexibility index (Phi) is 11.4. The van der Waals surface area contributed by atoms with Gasteiger partial charge in [-0.25, -0.2) is 25.1 Å². The maximum atomic E-state index is 13.9. The fourth-order valence-electron chi connectivity index (χ4n) is 3.18. The average molecular weight is 542 g/mol. The van der Waals surface area contributed by atoms with Gasteiger partial charge in [0, 0.05) is 0 Å². The number of rotatable bonds is 15. The lowest BCUT2D eigenvalue weighted by atomic mass is 10.2. The number of carbonyl (C=O) groups is 2. The Hall–Kier alpha value is -2.60. The smallest absolute Gasteiger partial charge is 0.323 e. The summed E-state index contributed by atoms with van der Waals surface area (Å²) in [6.45, 7) is 13.4. The molecule has 0 saturated heterocycles. The summed E-state index contributed by atoms with van der Waals surface area (Å²) in [5, 5.41) is 5.60. The molecule has 2 aromatic rings. The topological polar surface area (TPSA) is 173 Å². The van der Waals surface area contributed by atoms with Gasteiger partial charge in [0.2, 0.25) is 7.44 Å². The van der Waals surface area contributed by atoms with Crippen molar-refractivity contribution >= 4 is 36.4 Å². The van der Waals surface area contributed by atoms with Crippen molar-refractivity contribution in [3.8, 4) is 0 Å². The Balaban J connectivity index is 2.10. The van der Waals surface area contributed by atoms with Crippen molar-refractivity contribution in [2.75, 3.05) is 25.3 Å². The zero-order valence-corrected chi connectivity index (χ0v) is 23.5. The second-order valence-corrected chi connectivity index (χ2v) is 12.2. The number of nitrogens with zero attached hydrogens (tertiary/aromatic N) is 4. The Morgan fingerprint density at radius 1 is 0.946 bits per heavy atom. The molecule has 0 saturated carbocycles. The van der Waals surface area contributed by atoms with Crippen LogP contribution in [0, 0.1) is 11.8 Å². The third kappa shape index (κ3) is 9.66. The zero-order valence-electron chi connectivity index (χ0n) is 22.6. The third-order valence-electron chi connectivity index (χ3n) is 5.05. The Morgan fingerprint density at radius 2 is 1.49 bits per heavy atom. The molecule has 0 aromatic carbocycles. The molecule has 4 N–H and O–H groups in total. The van der Waals surface area contributed by atoms with Crippen molar-refractivity contribution in [1.82, 2.24) is 29.7 Å². The quantitative estimate of drug-likeness (QED) is 0.222. The Morgan fingerprint density at radius 3 is 2.00 bits per heavy atom. The summed E-state index contributed by atoms with van der Waals surface area (Å²) < 4.78 is 32.0. The molecule has 2 rings (SSSR count). The zero-order chi connectivity index (χ0) is 27.8. The predicted molar refractivity (Wildman–Crippen MR) is 140 cm³/mol. The molecule has 37 heavy (non-hydrogen) atoms. The highest BCUT2D eigenvalue weighted by atomic mass is 31.2. The van der Waals surface area contributed by atoms with Crippen LogP contribution in [0.4, 0.5) is 5.82 Å². The minimum absolute atomic E-state index is 0.154. The van der Waals surface area contributed by atoms with E-state index in [0.29, 0.717) is 17.7 Å². The van der Waals surface area contributed by atoms with E-state index in [1.165, 1.54) is 6.33 Å². The van der Waals surface area contributed by atoms with Crippen LogP contribution < -0.4 is 15.9 Å². The van der Waals surface area contributed by atoms with Crippen LogP contribution in [0.5, 0.6) is 0 Å². The van der Waals surface area contributed by atoms with E-state index in [4.69, 9.17) is 19.9 Å². The number of ether oxygens (including phenoxy) is 3. The second-order valence-electron chi connectivity index (χ2n) is 9.92. The number of carbonyl (C=O) groups excluding carboxylic acids is 2. The first kappa shape index (κ1) is 30.6. The van der Waals surface area contributed by atoms with E-state index >= 15 is 0 Å². The van der Waals surface area contributed by atoms with Crippen molar-refractivity contribution in [3.05, 3.63) is 12.7 Å². The monoisotopic (exact) mass is 541 g/mol. The molecule has 14 heteroatoms. The molecule has 0 amide bonds. The molecule has 0 spiro atoms. The number of imidazole rings is 1. The van der Waals surface area contributed by atoms with Crippen LogP contribution in [-0.4, -0.2) is 69.2 Å². The molecule has 0 radical (unpaired) electrons. The number of nitrogen functional groups attached to an aromatic ring is 1. The van der Waals surface area contributed by atoms with Crippen LogP contribution >= 0.6 is 7.44 Å². The molecule has 1 unspecified atom stereocenters. The standard InChI is InChI=1S/C23H40N7O6P/c1-14(2)9-34-22(31)17(6)28-37(33,29-18(7)23(32)35-10-15(3)4)13-36-16(5)8-30-12-27-19-20(24)25-11-26-21(19)30/h11-12,14-18H,8-10,13H2,1-7H3,(H2,24,25,26)(H2,28,29,33)/t16-,17-,18+,37?/m1/s1. The van der Waals surface area contributed by atoms with Gasteiger partial charge in [0.25, 0.3) is 0 Å². The van der Waals surface area contributed by atoms with E-state index in [2.05, 4.69) is 25.1 Å². The van der Waals surface area contributed by atoms with E-state index in [9.17, 15) is 14.2 Å². The van der Waals surface area contributed by atoms with Crippen LogP contribution in [0.1, 0.15) is 48.5 Å². The molecule has 4 atom stereocenters. The highest BCUT2D eigenvalue weighted by Crippen LogP contribution is 2.38. The van der Waals surface area contributed by atoms with Gasteiger partial charge in [0.05, 0.1) is 32.2 Å². The van der Waals surface area contributed by atoms with Gasteiger partial charge < -0.3 is 24.5 Å². The van der Waals surface area contributed by atoms with Crippen molar-refractivity contribution in [2.24, 2.45) is 11.8 Å². The van der Waals surface area contributed by atoms with Crippen molar-refractivity contribution < 1.29 is 28.4 Å². The summed E-state index contributed by atoms with van der Waals surface area (Å²) >= 11 is 0. The van der Waals surface area contributed by atoms with Gasteiger partial charge in [-0.2, -0.15) is 0 Å². The van der Waals surface area contributed by atoms with Crippen LogP contribution in [-0.2, 0) is 34.9 Å². The number of anilines is 1. The van der Waals surface area contributed by atoms with Gasteiger partial charge in [-0.3, -0.25) is 14.2 Å². The number of aromatic nitrogens is 4. The summed E-state index contributed by atoms with van der Waals surface area (Å²) in [4.78, 5) is 37.2. The number of nitrogens with two attached hydrogens (primary N) is 1. The lowest BCUT2D eigenvalue weighted by Gasteiger charge is -2.27. The molecule has 2 aromatic heterocycles. The summed E-state index contributed by atoms with van der Waals surface area (Å²) in [5.41, 5.74) is 6.87. The van der Waals surface area contributed by atoms with Gasteiger partial charge in [0.15, 0.2) is 11.5 Å². The largest absolute Gasteiger partial charge is 0.464 e. The number of esters is 2. The van der Waals surface area contributed by atoms with Crippen molar-refractivity contribution in [1.29, 1.82) is 0 Å². The van der Waals surface area contributed by atoms with Crippen LogP contribution in [0.2, 0.25) is 0 Å². The fourth-order valence-corrected chi connectivity index (χ4v) is 5.33. The summed E-state index contributed by atoms with van der Waals surface area (Å²) in [6, 6.07) is -1.82. The first-order valence-electron chi connectivity index (χ1n) is 12.3. The fraction of sp³-hybridized carbons (Fsp3) is 0.696. The SMILES string of the molecule is CC(C)COC(=O)[C@H](C)NP(=O)(CO[C@H](C)Cn1cnc2c(N)ncnc21)N[C@H](C)C(=O)OCC(C)C. The predicted octanol–water partition coefficient (Wildman–Crippen LogP) is 2.32. The number of nitrogens with one attached hydrogen (secondary N) is 2. The van der Waals surface area contributed by atoms with Crippen LogP contribution in [0.25, 0.3) is 11.2 Å². The number of fused-ring (bicyclic) bond motifs is 1. The molecule has 0 aliphatic rings. The van der Waals surface area contributed by atoms with Crippen LogP contribution in [0.15, 0.2) is 12.7 Å². The molecular weight excluding hydrogens is 501 g/mol. The van der Waals surface area contributed by atoms with E-state index in [1.807, 2.05) is 27.7 Å². The van der Waals surface area contributed by atoms with E-state index in [1.54, 1.807) is 31.7 Å². The normalized spacial score (nSPS) is 15.9. The lowest BCUT2D eigenvalue weighted by Crippen LogP contribution is -2.43. The third-order valence-corrected chi connectivity index (χ3v) is 7.17.